The third-order valence-corrected chi connectivity index (χ3v) is 5.40. The van der Waals surface area contributed by atoms with Crippen molar-refractivity contribution in [2.24, 2.45) is 10.7 Å². The number of carbonyl (C=O) groups is 1. The van der Waals surface area contributed by atoms with Crippen molar-refractivity contribution in [3.63, 3.8) is 0 Å². The Hall–Kier alpha value is -3.71. The average molecular weight is 452 g/mol. The van der Waals surface area contributed by atoms with E-state index >= 15 is 0 Å². The maximum absolute atomic E-state index is 12.8. The molecule has 0 atom stereocenters. The Morgan fingerprint density at radius 1 is 1.09 bits per heavy atom. The van der Waals surface area contributed by atoms with E-state index < -0.39 is 0 Å². The standard InChI is InChI=1S/C24H22ClN3O4/c1-30-17-6-3-15(4-7-17)11-12-28-23(29)20(27-24(28)26)14-18-8-10-21(32-18)16-5-9-22(31-2)19(25)13-16/h3-10,13-14H,11-12H2,1-2H3,(H2,26,27). The molecule has 1 aliphatic heterocycles. The Balaban J connectivity index is 1.46. The number of nitrogens with zero attached hydrogens (tertiary/aromatic N) is 2. The van der Waals surface area contributed by atoms with Gasteiger partial charge >= 0.3 is 0 Å². The summed E-state index contributed by atoms with van der Waals surface area (Å²) >= 11 is 6.20. The molecule has 164 valence electrons. The Morgan fingerprint density at radius 3 is 2.56 bits per heavy atom. The SMILES string of the molecule is COc1ccc(CCN2C(=O)C(=Cc3ccc(-c4ccc(OC)c(Cl)c4)o3)N=C2N)cc1. The number of furan rings is 1. The fourth-order valence-electron chi connectivity index (χ4n) is 3.36. The van der Waals surface area contributed by atoms with E-state index in [-0.39, 0.29) is 17.6 Å². The number of guanidine groups is 1. The molecule has 8 heteroatoms. The second kappa shape index (κ2) is 9.20. The maximum Gasteiger partial charge on any atom is 0.279 e. The maximum atomic E-state index is 12.8. The summed E-state index contributed by atoms with van der Waals surface area (Å²) < 4.78 is 16.2. The lowest BCUT2D eigenvalue weighted by molar-refractivity contribution is -0.122. The highest BCUT2D eigenvalue weighted by Crippen LogP contribution is 2.31. The van der Waals surface area contributed by atoms with Gasteiger partial charge in [0.1, 0.15) is 28.7 Å². The first-order valence-corrected chi connectivity index (χ1v) is 10.3. The van der Waals surface area contributed by atoms with E-state index in [0.717, 1.165) is 16.9 Å². The first-order chi connectivity index (χ1) is 15.5. The molecule has 1 aromatic heterocycles. The molecule has 0 fully saturated rings. The van der Waals surface area contributed by atoms with E-state index in [0.29, 0.717) is 35.3 Å². The molecule has 4 rings (SSSR count). The van der Waals surface area contributed by atoms with Gasteiger partial charge in [-0.05, 0) is 54.4 Å². The number of halogens is 1. The monoisotopic (exact) mass is 451 g/mol. The van der Waals surface area contributed by atoms with Gasteiger partial charge in [0.25, 0.3) is 5.91 Å². The van der Waals surface area contributed by atoms with E-state index in [1.807, 2.05) is 30.3 Å². The number of aliphatic imine (C=N–C) groups is 1. The topological polar surface area (TPSA) is 90.3 Å². The molecule has 0 spiro atoms. The van der Waals surface area contributed by atoms with Crippen molar-refractivity contribution in [2.75, 3.05) is 20.8 Å². The molecule has 2 aromatic carbocycles. The summed E-state index contributed by atoms with van der Waals surface area (Å²) in [6.07, 6.45) is 2.22. The second-order valence-electron chi connectivity index (χ2n) is 7.11. The predicted octanol–water partition coefficient (Wildman–Crippen LogP) is 4.36. The van der Waals surface area contributed by atoms with Gasteiger partial charge in [-0.1, -0.05) is 23.7 Å². The van der Waals surface area contributed by atoms with Gasteiger partial charge < -0.3 is 19.6 Å². The third-order valence-electron chi connectivity index (χ3n) is 5.10. The molecule has 1 amide bonds. The molecule has 2 N–H and O–H groups in total. The lowest BCUT2D eigenvalue weighted by atomic mass is 10.1. The fraction of sp³-hybridized carbons (Fsp3) is 0.167. The minimum absolute atomic E-state index is 0.170. The highest BCUT2D eigenvalue weighted by Gasteiger charge is 2.28. The zero-order valence-corrected chi connectivity index (χ0v) is 18.4. The number of benzene rings is 2. The quantitative estimate of drug-likeness (QED) is 0.539. The largest absolute Gasteiger partial charge is 0.497 e. The van der Waals surface area contributed by atoms with Crippen molar-refractivity contribution in [2.45, 2.75) is 6.42 Å². The highest BCUT2D eigenvalue weighted by atomic mass is 35.5. The highest BCUT2D eigenvalue weighted by molar-refractivity contribution is 6.32. The number of nitrogens with two attached hydrogens (primary N) is 1. The second-order valence-corrected chi connectivity index (χ2v) is 7.51. The first kappa shape index (κ1) is 21.5. The molecule has 0 radical (unpaired) electrons. The molecule has 7 nitrogen and oxygen atoms in total. The molecule has 0 saturated heterocycles. The van der Waals surface area contributed by atoms with Crippen LogP contribution in [-0.4, -0.2) is 37.5 Å². The molecule has 0 aliphatic carbocycles. The number of carbonyl (C=O) groups excluding carboxylic acids is 1. The van der Waals surface area contributed by atoms with Crippen LogP contribution in [0.3, 0.4) is 0 Å². The zero-order valence-electron chi connectivity index (χ0n) is 17.7. The van der Waals surface area contributed by atoms with E-state index in [9.17, 15) is 4.79 Å². The Bertz CT molecular complexity index is 1200. The number of ether oxygens (including phenoxy) is 2. The minimum atomic E-state index is -0.263. The van der Waals surface area contributed by atoms with Gasteiger partial charge in [0, 0.05) is 18.2 Å². The Kier molecular flexibility index (Phi) is 6.18. The van der Waals surface area contributed by atoms with Crippen molar-refractivity contribution in [3.8, 4) is 22.8 Å². The van der Waals surface area contributed by atoms with Gasteiger partial charge in [0.15, 0.2) is 0 Å². The summed E-state index contributed by atoms with van der Waals surface area (Å²) in [6.45, 7) is 0.422. The van der Waals surface area contributed by atoms with Crippen LogP contribution in [0.5, 0.6) is 11.5 Å². The number of methoxy groups -OCH3 is 2. The summed E-state index contributed by atoms with van der Waals surface area (Å²) in [5.74, 6) is 2.38. The molecular weight excluding hydrogens is 430 g/mol. The van der Waals surface area contributed by atoms with Crippen molar-refractivity contribution >= 4 is 29.5 Å². The predicted molar refractivity (Wildman–Crippen MR) is 124 cm³/mol. The number of amides is 1. The van der Waals surface area contributed by atoms with Gasteiger partial charge in [0.05, 0.1) is 19.2 Å². The van der Waals surface area contributed by atoms with Crippen molar-refractivity contribution in [1.29, 1.82) is 0 Å². The van der Waals surface area contributed by atoms with Crippen molar-refractivity contribution < 1.29 is 18.7 Å². The lowest BCUT2D eigenvalue weighted by Crippen LogP contribution is -2.38. The van der Waals surface area contributed by atoms with Gasteiger partial charge in [0.2, 0.25) is 5.96 Å². The number of hydrogen-bond acceptors (Lipinski definition) is 6. The van der Waals surface area contributed by atoms with Gasteiger partial charge in [-0.2, -0.15) is 0 Å². The number of rotatable bonds is 7. The van der Waals surface area contributed by atoms with Crippen LogP contribution in [-0.2, 0) is 11.2 Å². The lowest BCUT2D eigenvalue weighted by Gasteiger charge is -2.15. The van der Waals surface area contributed by atoms with Crippen LogP contribution in [0, 0.1) is 0 Å². The van der Waals surface area contributed by atoms with Gasteiger partial charge in [-0.25, -0.2) is 4.99 Å². The fourth-order valence-corrected chi connectivity index (χ4v) is 3.61. The molecule has 0 unspecified atom stereocenters. The first-order valence-electron chi connectivity index (χ1n) is 9.93. The Morgan fingerprint density at radius 2 is 1.88 bits per heavy atom. The molecule has 0 bridgehead atoms. The average Bonchev–Trinajstić information content (AvgIpc) is 3.37. The van der Waals surface area contributed by atoms with Gasteiger partial charge in [-0.15, -0.1) is 0 Å². The van der Waals surface area contributed by atoms with Crippen LogP contribution >= 0.6 is 11.6 Å². The molecule has 32 heavy (non-hydrogen) atoms. The van der Waals surface area contributed by atoms with E-state index in [4.69, 9.17) is 31.2 Å². The number of hydrogen-bond donors (Lipinski definition) is 1. The molecule has 0 saturated carbocycles. The Labute approximate surface area is 190 Å². The molecule has 2 heterocycles. The molecular formula is C24H22ClN3O4. The zero-order chi connectivity index (χ0) is 22.7. The summed E-state index contributed by atoms with van der Waals surface area (Å²) in [7, 11) is 3.18. The van der Waals surface area contributed by atoms with Crippen LogP contribution in [0.15, 0.2) is 69.7 Å². The van der Waals surface area contributed by atoms with Crippen LogP contribution in [0.2, 0.25) is 5.02 Å². The molecule has 3 aromatic rings. The van der Waals surface area contributed by atoms with Gasteiger partial charge in [-0.3, -0.25) is 9.69 Å². The van der Waals surface area contributed by atoms with Crippen molar-refractivity contribution in [3.05, 3.63) is 76.6 Å². The van der Waals surface area contributed by atoms with Crippen LogP contribution in [0.4, 0.5) is 0 Å². The summed E-state index contributed by atoms with van der Waals surface area (Å²) in [6, 6.07) is 16.6. The van der Waals surface area contributed by atoms with E-state index in [2.05, 4.69) is 4.99 Å². The smallest absolute Gasteiger partial charge is 0.279 e. The van der Waals surface area contributed by atoms with Crippen molar-refractivity contribution in [1.82, 2.24) is 4.90 Å². The van der Waals surface area contributed by atoms with Crippen LogP contribution < -0.4 is 15.2 Å². The summed E-state index contributed by atoms with van der Waals surface area (Å²) in [4.78, 5) is 18.5. The summed E-state index contributed by atoms with van der Waals surface area (Å²) in [5.41, 5.74) is 8.09. The minimum Gasteiger partial charge on any atom is -0.497 e. The van der Waals surface area contributed by atoms with E-state index in [1.54, 1.807) is 44.6 Å². The normalized spacial score (nSPS) is 14.7. The molecule has 1 aliphatic rings. The van der Waals surface area contributed by atoms with Crippen LogP contribution in [0.25, 0.3) is 17.4 Å². The van der Waals surface area contributed by atoms with E-state index in [1.165, 1.54) is 4.90 Å². The third kappa shape index (κ3) is 4.48. The summed E-state index contributed by atoms with van der Waals surface area (Å²) in [5, 5.41) is 0.483. The van der Waals surface area contributed by atoms with Crippen LogP contribution in [0.1, 0.15) is 11.3 Å².